The Hall–Kier alpha value is -3.42. The highest BCUT2D eigenvalue weighted by atomic mass is 35.5. The molecule has 1 atom stereocenters. The molecule has 0 spiro atoms. The molecule has 0 unspecified atom stereocenters. The molecule has 2 aliphatic rings. The van der Waals surface area contributed by atoms with Crippen LogP contribution in [0, 0.1) is 6.92 Å². The van der Waals surface area contributed by atoms with Crippen LogP contribution in [0.3, 0.4) is 0 Å². The summed E-state index contributed by atoms with van der Waals surface area (Å²) < 4.78 is 0. The van der Waals surface area contributed by atoms with Crippen molar-refractivity contribution >= 4 is 57.6 Å². The van der Waals surface area contributed by atoms with Crippen LogP contribution in [0.15, 0.2) is 82.8 Å². The third-order valence-corrected chi connectivity index (χ3v) is 6.57. The minimum absolute atomic E-state index is 0.0677. The molecular weight excluding hydrogens is 456 g/mol. The predicted octanol–water partition coefficient (Wildman–Crippen LogP) is 5.35. The van der Waals surface area contributed by atoms with Gasteiger partial charge in [0.1, 0.15) is 5.84 Å². The average molecular weight is 475 g/mol. The summed E-state index contributed by atoms with van der Waals surface area (Å²) in [7, 11) is 0. The Labute approximate surface area is 200 Å². The molecule has 1 N–H and O–H groups in total. The standard InChI is InChI=1S/C25H19ClN4O2S/c1-15-11-12-20(18(26)13-15)27-21(31)14-33-25-28-19-10-6-5-9-17(19)23-29-22(24(32)30(23)25)16-7-3-2-4-8-16/h2-13,22H,14H2,1H3,(H,27,31)/t22-/m0/s1. The number of nitrogens with zero attached hydrogens (tertiary/aromatic N) is 3. The van der Waals surface area contributed by atoms with Crippen LogP contribution >= 0.6 is 23.4 Å². The molecule has 2 heterocycles. The van der Waals surface area contributed by atoms with E-state index in [4.69, 9.17) is 16.6 Å². The lowest BCUT2D eigenvalue weighted by atomic mass is 10.1. The SMILES string of the molecule is Cc1ccc(NC(=O)CSC2=Nc3ccccc3C3=N[C@@H](c4ccccc4)C(=O)N23)c(Cl)c1. The molecule has 8 heteroatoms. The highest BCUT2D eigenvalue weighted by Crippen LogP contribution is 2.37. The maximum absolute atomic E-state index is 13.4. The molecule has 33 heavy (non-hydrogen) atoms. The highest BCUT2D eigenvalue weighted by molar-refractivity contribution is 8.14. The van der Waals surface area contributed by atoms with Crippen LogP contribution in [0.2, 0.25) is 5.02 Å². The summed E-state index contributed by atoms with van der Waals surface area (Å²) in [6.45, 7) is 1.93. The van der Waals surface area contributed by atoms with E-state index in [0.717, 1.165) is 22.4 Å². The molecule has 2 amide bonds. The summed E-state index contributed by atoms with van der Waals surface area (Å²) in [4.78, 5) is 36.9. The number of halogens is 1. The van der Waals surface area contributed by atoms with Gasteiger partial charge in [0.2, 0.25) is 5.91 Å². The lowest BCUT2D eigenvalue weighted by Gasteiger charge is -2.25. The number of aryl methyl sites for hydroxylation is 1. The third kappa shape index (κ3) is 4.17. The maximum Gasteiger partial charge on any atom is 0.263 e. The number of benzene rings is 3. The molecule has 0 bridgehead atoms. The zero-order valence-corrected chi connectivity index (χ0v) is 19.2. The quantitative estimate of drug-likeness (QED) is 0.553. The van der Waals surface area contributed by atoms with Crippen LogP contribution < -0.4 is 5.32 Å². The number of hydrogen-bond donors (Lipinski definition) is 1. The first kappa shape index (κ1) is 21.4. The maximum atomic E-state index is 13.4. The van der Waals surface area contributed by atoms with Crippen molar-refractivity contribution < 1.29 is 9.59 Å². The Kier molecular flexibility index (Phi) is 5.74. The molecule has 0 saturated carbocycles. The minimum atomic E-state index is -0.640. The van der Waals surface area contributed by atoms with Gasteiger partial charge in [-0.1, -0.05) is 71.9 Å². The molecule has 3 aromatic rings. The molecule has 0 saturated heterocycles. The van der Waals surface area contributed by atoms with Crippen LogP contribution in [0.4, 0.5) is 11.4 Å². The normalized spacial score (nSPS) is 16.6. The predicted molar refractivity (Wildman–Crippen MR) is 133 cm³/mol. The van der Waals surface area contributed by atoms with Gasteiger partial charge in [0.25, 0.3) is 5.91 Å². The van der Waals surface area contributed by atoms with Crippen LogP contribution in [0.5, 0.6) is 0 Å². The fourth-order valence-corrected chi connectivity index (χ4v) is 4.82. The van der Waals surface area contributed by atoms with Crippen molar-refractivity contribution in [3.05, 3.63) is 94.5 Å². The van der Waals surface area contributed by atoms with E-state index in [9.17, 15) is 9.59 Å². The van der Waals surface area contributed by atoms with Crippen LogP contribution in [0.25, 0.3) is 0 Å². The smallest absolute Gasteiger partial charge is 0.263 e. The van der Waals surface area contributed by atoms with E-state index in [-0.39, 0.29) is 17.6 Å². The van der Waals surface area contributed by atoms with Gasteiger partial charge >= 0.3 is 0 Å². The molecule has 6 nitrogen and oxygen atoms in total. The van der Waals surface area contributed by atoms with Gasteiger partial charge in [-0.15, -0.1) is 0 Å². The number of anilines is 1. The number of aliphatic imine (C=N–C) groups is 2. The van der Waals surface area contributed by atoms with Crippen molar-refractivity contribution in [2.75, 3.05) is 11.1 Å². The monoisotopic (exact) mass is 474 g/mol. The first-order valence-corrected chi connectivity index (χ1v) is 11.7. The molecule has 2 aliphatic heterocycles. The molecule has 3 aromatic carbocycles. The van der Waals surface area contributed by atoms with Gasteiger partial charge in [0.05, 0.1) is 22.2 Å². The molecule has 0 aromatic heterocycles. The summed E-state index contributed by atoms with van der Waals surface area (Å²) in [5.74, 6) is 0.207. The van der Waals surface area contributed by atoms with E-state index in [1.165, 1.54) is 16.7 Å². The molecular formula is C25H19ClN4O2S. The van der Waals surface area contributed by atoms with Gasteiger partial charge in [0, 0.05) is 5.56 Å². The molecule has 164 valence electrons. The number of hydrogen-bond acceptors (Lipinski definition) is 5. The Bertz CT molecular complexity index is 1320. The molecule has 5 rings (SSSR count). The first-order valence-electron chi connectivity index (χ1n) is 10.3. The van der Waals surface area contributed by atoms with E-state index < -0.39 is 6.04 Å². The van der Waals surface area contributed by atoms with E-state index in [1.807, 2.05) is 67.6 Å². The average Bonchev–Trinajstić information content (AvgIpc) is 3.17. The third-order valence-electron chi connectivity index (χ3n) is 5.32. The fourth-order valence-electron chi connectivity index (χ4n) is 3.74. The molecule has 0 aliphatic carbocycles. The summed E-state index contributed by atoms with van der Waals surface area (Å²) in [5, 5.41) is 3.73. The van der Waals surface area contributed by atoms with Gasteiger partial charge in [-0.25, -0.2) is 14.9 Å². The Morgan fingerprint density at radius 1 is 1.09 bits per heavy atom. The van der Waals surface area contributed by atoms with Crippen molar-refractivity contribution in [2.45, 2.75) is 13.0 Å². The van der Waals surface area contributed by atoms with E-state index >= 15 is 0 Å². The van der Waals surface area contributed by atoms with Crippen molar-refractivity contribution in [3.63, 3.8) is 0 Å². The number of para-hydroxylation sites is 1. The van der Waals surface area contributed by atoms with Gasteiger partial charge < -0.3 is 5.32 Å². The Balaban J connectivity index is 1.40. The second-order valence-electron chi connectivity index (χ2n) is 7.67. The van der Waals surface area contributed by atoms with Crippen molar-refractivity contribution in [1.82, 2.24) is 4.90 Å². The Morgan fingerprint density at radius 3 is 2.64 bits per heavy atom. The van der Waals surface area contributed by atoms with Gasteiger partial charge in [-0.05, 0) is 42.3 Å². The first-order chi connectivity index (χ1) is 16.0. The van der Waals surface area contributed by atoms with E-state index in [0.29, 0.717) is 21.7 Å². The van der Waals surface area contributed by atoms with Crippen molar-refractivity contribution in [2.24, 2.45) is 9.98 Å². The second-order valence-corrected chi connectivity index (χ2v) is 9.02. The van der Waals surface area contributed by atoms with E-state index in [1.54, 1.807) is 12.1 Å². The summed E-state index contributed by atoms with van der Waals surface area (Å²) in [6, 6.07) is 21.8. The molecule has 0 fully saturated rings. The Morgan fingerprint density at radius 2 is 1.85 bits per heavy atom. The topological polar surface area (TPSA) is 74.1 Å². The van der Waals surface area contributed by atoms with Crippen LogP contribution in [-0.4, -0.2) is 33.5 Å². The number of fused-ring (bicyclic) bond motifs is 3. The minimum Gasteiger partial charge on any atom is -0.324 e. The zero-order valence-electron chi connectivity index (χ0n) is 17.7. The van der Waals surface area contributed by atoms with Crippen LogP contribution in [-0.2, 0) is 9.59 Å². The van der Waals surface area contributed by atoms with Crippen LogP contribution in [0.1, 0.15) is 22.7 Å². The van der Waals surface area contributed by atoms with Crippen molar-refractivity contribution in [1.29, 1.82) is 0 Å². The zero-order chi connectivity index (χ0) is 22.9. The molecule has 0 radical (unpaired) electrons. The van der Waals surface area contributed by atoms with Gasteiger partial charge in [0.15, 0.2) is 11.2 Å². The van der Waals surface area contributed by atoms with Crippen molar-refractivity contribution in [3.8, 4) is 0 Å². The number of amides is 2. The van der Waals surface area contributed by atoms with Gasteiger partial charge in [-0.3, -0.25) is 9.59 Å². The number of amidine groups is 2. The number of nitrogens with one attached hydrogen (secondary N) is 1. The summed E-state index contributed by atoms with van der Waals surface area (Å²) in [6.07, 6.45) is 0. The van der Waals surface area contributed by atoms with E-state index in [2.05, 4.69) is 10.3 Å². The van der Waals surface area contributed by atoms with Gasteiger partial charge in [-0.2, -0.15) is 0 Å². The lowest BCUT2D eigenvalue weighted by Crippen LogP contribution is -2.40. The highest BCUT2D eigenvalue weighted by Gasteiger charge is 2.42. The number of rotatable bonds is 4. The second kappa shape index (κ2) is 8.84. The number of carbonyl (C=O) groups is 2. The largest absolute Gasteiger partial charge is 0.324 e. The summed E-state index contributed by atoms with van der Waals surface area (Å²) >= 11 is 7.43. The summed E-state index contributed by atoms with van der Waals surface area (Å²) in [5.41, 5.74) is 3.89. The number of thioether (sulfide) groups is 1. The number of carbonyl (C=O) groups excluding carboxylic acids is 2. The lowest BCUT2D eigenvalue weighted by molar-refractivity contribution is -0.124. The fraction of sp³-hybridized carbons (Fsp3) is 0.120.